The van der Waals surface area contributed by atoms with Crippen LogP contribution >= 0.6 is 11.6 Å². The van der Waals surface area contributed by atoms with E-state index in [1.807, 2.05) is 24.3 Å². The van der Waals surface area contributed by atoms with Crippen molar-refractivity contribution in [3.05, 3.63) is 41.5 Å². The van der Waals surface area contributed by atoms with E-state index in [-0.39, 0.29) is 17.7 Å². The molecule has 5 nitrogen and oxygen atoms in total. The molecule has 1 aliphatic carbocycles. The summed E-state index contributed by atoms with van der Waals surface area (Å²) in [5.74, 6) is -0.451. The fourth-order valence-corrected chi connectivity index (χ4v) is 3.62. The van der Waals surface area contributed by atoms with Crippen LogP contribution in [0.2, 0.25) is 0 Å². The predicted octanol–water partition coefficient (Wildman–Crippen LogP) is 2.89. The number of carbonyl (C=O) groups excluding carboxylic acids is 2. The lowest BCUT2D eigenvalue weighted by Crippen LogP contribution is -2.58. The average molecular weight is 377 g/mol. The molecule has 6 heteroatoms. The summed E-state index contributed by atoms with van der Waals surface area (Å²) in [6, 6.07) is 7.73. The van der Waals surface area contributed by atoms with Crippen LogP contribution in [-0.4, -0.2) is 43.0 Å². The molecule has 0 atom stereocenters. The van der Waals surface area contributed by atoms with Crippen LogP contribution in [0.15, 0.2) is 30.3 Å². The zero-order valence-corrected chi connectivity index (χ0v) is 15.6. The van der Waals surface area contributed by atoms with Crippen LogP contribution in [0.5, 0.6) is 0 Å². The summed E-state index contributed by atoms with van der Waals surface area (Å²) in [6.45, 7) is 1.48. The van der Waals surface area contributed by atoms with Gasteiger partial charge in [-0.2, -0.15) is 0 Å². The molecule has 1 heterocycles. The molecule has 2 amide bonds. The number of ether oxygens (including phenoxy) is 1. The first-order valence-corrected chi connectivity index (χ1v) is 9.68. The smallest absolute Gasteiger partial charge is 0.251 e. The van der Waals surface area contributed by atoms with Gasteiger partial charge in [0.05, 0.1) is 5.54 Å². The van der Waals surface area contributed by atoms with E-state index in [9.17, 15) is 9.59 Å². The number of nitrogens with one attached hydrogen (secondary N) is 2. The van der Waals surface area contributed by atoms with E-state index in [1.54, 1.807) is 0 Å². The highest BCUT2D eigenvalue weighted by molar-refractivity contribution is 6.27. The second-order valence-corrected chi connectivity index (χ2v) is 7.22. The molecule has 1 aliphatic heterocycles. The van der Waals surface area contributed by atoms with E-state index >= 15 is 0 Å². The minimum absolute atomic E-state index is 0.0894. The molecule has 0 spiro atoms. The zero-order valence-electron chi connectivity index (χ0n) is 14.9. The number of carbonyl (C=O) groups is 2. The van der Waals surface area contributed by atoms with Crippen molar-refractivity contribution in [1.82, 2.24) is 10.6 Å². The van der Waals surface area contributed by atoms with Crippen molar-refractivity contribution >= 4 is 29.0 Å². The number of alkyl halides is 1. The van der Waals surface area contributed by atoms with Gasteiger partial charge in [-0.3, -0.25) is 9.59 Å². The third kappa shape index (κ3) is 4.65. The summed E-state index contributed by atoms with van der Waals surface area (Å²) < 4.78 is 5.39. The summed E-state index contributed by atoms with van der Waals surface area (Å²) in [4.78, 5) is 24.3. The second kappa shape index (κ2) is 8.69. The summed E-state index contributed by atoms with van der Waals surface area (Å²) >= 11 is 5.63. The highest BCUT2D eigenvalue weighted by Gasteiger charge is 2.34. The topological polar surface area (TPSA) is 67.4 Å². The van der Waals surface area contributed by atoms with Gasteiger partial charge in [-0.05, 0) is 55.4 Å². The molecule has 1 fully saturated rings. The van der Waals surface area contributed by atoms with Crippen molar-refractivity contribution in [2.45, 2.75) is 37.6 Å². The van der Waals surface area contributed by atoms with Gasteiger partial charge in [0.15, 0.2) is 0 Å². The highest BCUT2D eigenvalue weighted by Crippen LogP contribution is 2.27. The Balaban J connectivity index is 1.61. The summed E-state index contributed by atoms with van der Waals surface area (Å²) in [6.07, 6.45) is 7.03. The van der Waals surface area contributed by atoms with E-state index in [0.29, 0.717) is 38.2 Å². The van der Waals surface area contributed by atoms with Crippen LogP contribution in [0.1, 0.15) is 48.0 Å². The van der Waals surface area contributed by atoms with E-state index in [2.05, 4.69) is 16.7 Å². The fourth-order valence-electron chi connectivity index (χ4n) is 3.56. The molecule has 1 aromatic rings. The van der Waals surface area contributed by atoms with Gasteiger partial charge in [-0.1, -0.05) is 18.2 Å². The highest BCUT2D eigenvalue weighted by atomic mass is 35.5. The molecular formula is C20H25ClN2O3. The lowest BCUT2D eigenvalue weighted by atomic mass is 9.89. The van der Waals surface area contributed by atoms with Crippen molar-refractivity contribution in [3.8, 4) is 0 Å². The Kier molecular flexibility index (Phi) is 6.33. The van der Waals surface area contributed by atoms with Gasteiger partial charge in [0.1, 0.15) is 5.88 Å². The van der Waals surface area contributed by atoms with Crippen molar-refractivity contribution in [3.63, 3.8) is 0 Å². The number of benzene rings is 1. The van der Waals surface area contributed by atoms with Crippen molar-refractivity contribution in [1.29, 1.82) is 0 Å². The first-order valence-electron chi connectivity index (χ1n) is 9.14. The molecule has 1 saturated heterocycles. The molecule has 0 saturated carbocycles. The Morgan fingerprint density at radius 2 is 1.88 bits per heavy atom. The van der Waals surface area contributed by atoms with Gasteiger partial charge in [0, 0.05) is 25.3 Å². The lowest BCUT2D eigenvalue weighted by molar-refractivity contribution is -0.121. The Labute approximate surface area is 159 Å². The minimum atomic E-state index is -0.492. The van der Waals surface area contributed by atoms with Gasteiger partial charge in [-0.15, -0.1) is 11.6 Å². The van der Waals surface area contributed by atoms with Crippen LogP contribution in [0.4, 0.5) is 0 Å². The molecule has 2 N–H and O–H groups in total. The molecule has 1 aromatic carbocycles. The lowest BCUT2D eigenvalue weighted by Gasteiger charge is -2.38. The minimum Gasteiger partial charge on any atom is -0.381 e. The second-order valence-electron chi connectivity index (χ2n) is 6.96. The van der Waals surface area contributed by atoms with Gasteiger partial charge in [0.25, 0.3) is 5.91 Å². The zero-order chi connectivity index (χ0) is 18.4. The number of rotatable bonds is 6. The molecule has 0 unspecified atom stereocenters. The number of hydrogen-bond donors (Lipinski definition) is 2. The van der Waals surface area contributed by atoms with Crippen LogP contribution in [-0.2, 0) is 9.53 Å². The maximum atomic E-state index is 12.5. The van der Waals surface area contributed by atoms with E-state index < -0.39 is 5.54 Å². The number of halogens is 1. The molecule has 0 radical (unpaired) electrons. The maximum absolute atomic E-state index is 12.5. The Morgan fingerprint density at radius 3 is 2.50 bits per heavy atom. The molecule has 0 aromatic heterocycles. The van der Waals surface area contributed by atoms with Gasteiger partial charge in [0.2, 0.25) is 5.91 Å². The largest absolute Gasteiger partial charge is 0.381 e. The monoisotopic (exact) mass is 376 g/mol. The van der Waals surface area contributed by atoms with E-state index in [4.69, 9.17) is 16.3 Å². The molecule has 3 rings (SSSR count). The van der Waals surface area contributed by atoms with E-state index in [0.717, 1.165) is 12.8 Å². The fraction of sp³-hybridized carbons (Fsp3) is 0.500. The molecule has 2 aliphatic rings. The Hall–Kier alpha value is -1.85. The summed E-state index contributed by atoms with van der Waals surface area (Å²) in [5.41, 5.74) is 2.68. The van der Waals surface area contributed by atoms with Gasteiger partial charge < -0.3 is 15.4 Å². The summed E-state index contributed by atoms with van der Waals surface area (Å²) in [7, 11) is 0. The third-order valence-electron chi connectivity index (χ3n) is 5.12. The molecular weight excluding hydrogens is 352 g/mol. The van der Waals surface area contributed by atoms with E-state index in [1.165, 1.54) is 17.6 Å². The number of hydrogen-bond acceptors (Lipinski definition) is 3. The van der Waals surface area contributed by atoms with Crippen molar-refractivity contribution < 1.29 is 14.3 Å². The molecule has 0 bridgehead atoms. The quantitative estimate of drug-likeness (QED) is 0.750. The predicted molar refractivity (Wildman–Crippen MR) is 102 cm³/mol. The molecule has 140 valence electrons. The SMILES string of the molecule is O=C(CCl)NC1(CNC(=O)c2ccc(C3=CCCC3)cc2)CCOCC1. The standard InChI is InChI=1S/C20H25ClN2O3/c21-13-18(24)23-20(9-11-26-12-10-20)14-22-19(25)17-7-5-16(6-8-17)15-3-1-2-4-15/h3,5-8H,1-2,4,9-14H2,(H,22,25)(H,23,24). The van der Waals surface area contributed by atoms with Crippen LogP contribution in [0.3, 0.4) is 0 Å². The normalized spacial score (nSPS) is 18.9. The number of allylic oxidation sites excluding steroid dienone is 2. The first kappa shape index (κ1) is 18.9. The molecule has 26 heavy (non-hydrogen) atoms. The van der Waals surface area contributed by atoms with Gasteiger partial charge >= 0.3 is 0 Å². The Morgan fingerprint density at radius 1 is 1.15 bits per heavy atom. The Bertz CT molecular complexity index is 679. The average Bonchev–Trinajstić information content (AvgIpc) is 3.22. The first-order chi connectivity index (χ1) is 12.6. The number of amides is 2. The van der Waals surface area contributed by atoms with Crippen LogP contribution in [0, 0.1) is 0 Å². The van der Waals surface area contributed by atoms with Crippen LogP contribution < -0.4 is 10.6 Å². The summed E-state index contributed by atoms with van der Waals surface area (Å²) in [5, 5.41) is 5.92. The van der Waals surface area contributed by atoms with Crippen molar-refractivity contribution in [2.24, 2.45) is 0 Å². The van der Waals surface area contributed by atoms with Crippen molar-refractivity contribution in [2.75, 3.05) is 25.6 Å². The third-order valence-corrected chi connectivity index (χ3v) is 5.36. The van der Waals surface area contributed by atoms with Crippen LogP contribution in [0.25, 0.3) is 5.57 Å². The maximum Gasteiger partial charge on any atom is 0.251 e. The van der Waals surface area contributed by atoms with Gasteiger partial charge in [-0.25, -0.2) is 0 Å².